The second-order valence-electron chi connectivity index (χ2n) is 14.7. The Bertz CT molecular complexity index is 1330. The van der Waals surface area contributed by atoms with E-state index in [4.69, 9.17) is 14.2 Å². The molecule has 0 aromatic heterocycles. The van der Waals surface area contributed by atoms with Gasteiger partial charge in [0.1, 0.15) is 6.10 Å². The standard InChI is InChI=1S/C47H66O6/c1-2-3-4-5-6-7-8-9-10-11-12-13-14-15-25-34-41(52-43-35-26-27-36-51-43)37-42(48)45(49)47(50)53-46(40-32-23-18-24-33-40)44(38-28-19-16-20-29-38)39-30-21-17-22-31-39/h9-10,16-24,28-33,41-46,48-49H,2-8,11-15,25-27,34-37H2,1H3/t41-,42-,43?,45?,46?/m0/s1. The Morgan fingerprint density at radius 2 is 1.25 bits per heavy atom. The van der Waals surface area contributed by atoms with Crippen LogP contribution in [0.15, 0.2) is 103 Å². The lowest BCUT2D eigenvalue weighted by molar-refractivity contribution is -0.198. The lowest BCUT2D eigenvalue weighted by Crippen LogP contribution is -2.40. The summed E-state index contributed by atoms with van der Waals surface area (Å²) in [6, 6.07) is 29.5. The van der Waals surface area contributed by atoms with Gasteiger partial charge in [-0.15, -0.1) is 0 Å². The summed E-state index contributed by atoms with van der Waals surface area (Å²) in [5, 5.41) is 22.5. The van der Waals surface area contributed by atoms with Crippen molar-refractivity contribution in [2.75, 3.05) is 6.61 Å². The van der Waals surface area contributed by atoms with Crippen LogP contribution in [0.25, 0.3) is 0 Å². The van der Waals surface area contributed by atoms with Crippen LogP contribution < -0.4 is 0 Å². The van der Waals surface area contributed by atoms with Gasteiger partial charge in [-0.1, -0.05) is 168 Å². The molecule has 0 bridgehead atoms. The first kappa shape index (κ1) is 42.5. The first-order valence-corrected chi connectivity index (χ1v) is 20.7. The summed E-state index contributed by atoms with van der Waals surface area (Å²) in [7, 11) is 0. The van der Waals surface area contributed by atoms with Gasteiger partial charge in [-0.25, -0.2) is 4.79 Å². The number of hydrogen-bond donors (Lipinski definition) is 2. The Balaban J connectivity index is 1.30. The number of aliphatic hydroxyl groups excluding tert-OH is 2. The maximum atomic E-state index is 13.7. The van der Waals surface area contributed by atoms with Crippen LogP contribution in [0.2, 0.25) is 0 Å². The topological polar surface area (TPSA) is 85.2 Å². The minimum atomic E-state index is -1.72. The van der Waals surface area contributed by atoms with E-state index in [0.29, 0.717) is 6.61 Å². The molecule has 0 amide bonds. The molecule has 0 spiro atoms. The number of ether oxygens (including phenoxy) is 3. The van der Waals surface area contributed by atoms with Crippen molar-refractivity contribution in [3.63, 3.8) is 0 Å². The summed E-state index contributed by atoms with van der Waals surface area (Å²) >= 11 is 0. The predicted octanol–water partition coefficient (Wildman–Crippen LogP) is 11.2. The van der Waals surface area contributed by atoms with Gasteiger partial charge >= 0.3 is 5.97 Å². The Morgan fingerprint density at radius 1 is 0.717 bits per heavy atom. The Kier molecular flexibility index (Phi) is 20.6. The second kappa shape index (κ2) is 25.7. The average Bonchev–Trinajstić information content (AvgIpc) is 3.20. The fraction of sp³-hybridized carbons (Fsp3) is 0.553. The van der Waals surface area contributed by atoms with Crippen LogP contribution in [0, 0.1) is 0 Å². The van der Waals surface area contributed by atoms with Gasteiger partial charge in [0.05, 0.1) is 18.1 Å². The van der Waals surface area contributed by atoms with E-state index in [1.54, 1.807) is 0 Å². The highest BCUT2D eigenvalue weighted by molar-refractivity contribution is 5.75. The molecule has 1 fully saturated rings. The summed E-state index contributed by atoms with van der Waals surface area (Å²) in [6.07, 6.45) is 19.9. The Morgan fingerprint density at radius 3 is 1.79 bits per heavy atom. The summed E-state index contributed by atoms with van der Waals surface area (Å²) in [5.41, 5.74) is 2.77. The number of rotatable bonds is 26. The number of esters is 1. The highest BCUT2D eigenvalue weighted by atomic mass is 16.7. The SMILES string of the molecule is CCCCCCCCC=CCCCCCCC[C@@H](C[C@H](O)C(O)C(=O)OC(c1ccccc1)C(c1ccccc1)c1ccccc1)OC1CCCCO1. The van der Waals surface area contributed by atoms with Gasteiger partial charge in [0.15, 0.2) is 12.4 Å². The molecule has 0 radical (unpaired) electrons. The van der Waals surface area contributed by atoms with Crippen molar-refractivity contribution in [3.05, 3.63) is 120 Å². The second-order valence-corrected chi connectivity index (χ2v) is 14.7. The molecule has 0 aliphatic carbocycles. The number of allylic oxidation sites excluding steroid dienone is 2. The van der Waals surface area contributed by atoms with Crippen LogP contribution in [0.5, 0.6) is 0 Å². The van der Waals surface area contributed by atoms with E-state index in [1.165, 1.54) is 57.8 Å². The fourth-order valence-corrected chi connectivity index (χ4v) is 7.30. The first-order chi connectivity index (χ1) is 26.1. The molecule has 0 saturated carbocycles. The van der Waals surface area contributed by atoms with Crippen LogP contribution >= 0.6 is 0 Å². The van der Waals surface area contributed by atoms with Crippen molar-refractivity contribution in [3.8, 4) is 0 Å². The highest BCUT2D eigenvalue weighted by Crippen LogP contribution is 2.40. The molecular formula is C47H66O6. The molecule has 53 heavy (non-hydrogen) atoms. The first-order valence-electron chi connectivity index (χ1n) is 20.7. The van der Waals surface area contributed by atoms with Crippen LogP contribution in [0.4, 0.5) is 0 Å². The minimum absolute atomic E-state index is 0.121. The number of hydrogen-bond acceptors (Lipinski definition) is 6. The van der Waals surface area contributed by atoms with E-state index in [1.807, 2.05) is 91.0 Å². The quantitative estimate of drug-likeness (QED) is 0.0487. The van der Waals surface area contributed by atoms with Gasteiger partial charge < -0.3 is 24.4 Å². The Hall–Kier alpha value is -3.29. The molecule has 290 valence electrons. The largest absolute Gasteiger partial charge is 0.454 e. The van der Waals surface area contributed by atoms with E-state index in [2.05, 4.69) is 19.1 Å². The van der Waals surface area contributed by atoms with E-state index in [9.17, 15) is 15.0 Å². The zero-order valence-corrected chi connectivity index (χ0v) is 32.2. The fourth-order valence-electron chi connectivity index (χ4n) is 7.30. The zero-order valence-electron chi connectivity index (χ0n) is 32.2. The third-order valence-corrected chi connectivity index (χ3v) is 10.4. The number of benzene rings is 3. The minimum Gasteiger partial charge on any atom is -0.454 e. The van der Waals surface area contributed by atoms with E-state index in [-0.39, 0.29) is 24.7 Å². The van der Waals surface area contributed by atoms with Crippen molar-refractivity contribution >= 4 is 5.97 Å². The monoisotopic (exact) mass is 726 g/mol. The molecule has 5 atom stereocenters. The van der Waals surface area contributed by atoms with Crippen LogP contribution in [0.1, 0.15) is 151 Å². The number of carbonyl (C=O) groups is 1. The van der Waals surface area contributed by atoms with Crippen molar-refractivity contribution in [2.45, 2.75) is 159 Å². The molecular weight excluding hydrogens is 661 g/mol. The predicted molar refractivity (Wildman–Crippen MR) is 215 cm³/mol. The summed E-state index contributed by atoms with van der Waals surface area (Å²) in [6.45, 7) is 2.92. The van der Waals surface area contributed by atoms with Crippen molar-refractivity contribution in [2.24, 2.45) is 0 Å². The molecule has 1 aliphatic rings. The molecule has 3 aromatic carbocycles. The molecule has 1 saturated heterocycles. The molecule has 6 heteroatoms. The maximum absolute atomic E-state index is 13.7. The van der Waals surface area contributed by atoms with Gasteiger partial charge in [0, 0.05) is 13.0 Å². The molecule has 3 aromatic rings. The normalized spacial score (nSPS) is 17.1. The Labute approximate surface area is 320 Å². The van der Waals surface area contributed by atoms with Crippen LogP contribution in [-0.4, -0.2) is 47.4 Å². The third-order valence-electron chi connectivity index (χ3n) is 10.4. The third kappa shape index (κ3) is 15.9. The number of unbranched alkanes of at least 4 members (excludes halogenated alkanes) is 11. The smallest absolute Gasteiger partial charge is 0.338 e. The van der Waals surface area contributed by atoms with E-state index < -0.39 is 24.3 Å². The molecule has 4 rings (SSSR count). The summed E-state index contributed by atoms with van der Waals surface area (Å²) in [5.74, 6) is -1.18. The van der Waals surface area contributed by atoms with Crippen molar-refractivity contribution < 1.29 is 29.2 Å². The lowest BCUT2D eigenvalue weighted by atomic mass is 9.83. The highest BCUT2D eigenvalue weighted by Gasteiger charge is 2.35. The van der Waals surface area contributed by atoms with Gasteiger partial charge in [0.2, 0.25) is 0 Å². The zero-order chi connectivity index (χ0) is 37.4. The van der Waals surface area contributed by atoms with Crippen LogP contribution in [0.3, 0.4) is 0 Å². The van der Waals surface area contributed by atoms with E-state index >= 15 is 0 Å². The lowest BCUT2D eigenvalue weighted by Gasteiger charge is -2.31. The van der Waals surface area contributed by atoms with Gasteiger partial charge in [-0.3, -0.25) is 0 Å². The number of aliphatic hydroxyl groups is 2. The maximum Gasteiger partial charge on any atom is 0.338 e. The van der Waals surface area contributed by atoms with Gasteiger partial charge in [-0.2, -0.15) is 0 Å². The molecule has 1 heterocycles. The summed E-state index contributed by atoms with van der Waals surface area (Å²) < 4.78 is 18.4. The van der Waals surface area contributed by atoms with Gasteiger partial charge in [0.25, 0.3) is 0 Å². The average molecular weight is 727 g/mol. The summed E-state index contributed by atoms with van der Waals surface area (Å²) in [4.78, 5) is 13.7. The van der Waals surface area contributed by atoms with E-state index in [0.717, 1.165) is 68.1 Å². The molecule has 3 unspecified atom stereocenters. The van der Waals surface area contributed by atoms with Crippen molar-refractivity contribution in [1.29, 1.82) is 0 Å². The molecule has 2 N–H and O–H groups in total. The van der Waals surface area contributed by atoms with Crippen LogP contribution in [-0.2, 0) is 19.0 Å². The number of carbonyl (C=O) groups excluding carboxylic acids is 1. The molecule has 6 nitrogen and oxygen atoms in total. The van der Waals surface area contributed by atoms with Gasteiger partial charge in [-0.05, 0) is 68.1 Å². The molecule has 1 aliphatic heterocycles. The van der Waals surface area contributed by atoms with Crippen molar-refractivity contribution in [1.82, 2.24) is 0 Å².